The van der Waals surface area contributed by atoms with Crippen LogP contribution < -0.4 is 19.7 Å². The van der Waals surface area contributed by atoms with Gasteiger partial charge in [0.1, 0.15) is 25.1 Å². The van der Waals surface area contributed by atoms with Crippen LogP contribution in [0.2, 0.25) is 0 Å². The third kappa shape index (κ3) is 6.54. The summed E-state index contributed by atoms with van der Waals surface area (Å²) in [6.07, 6.45) is -3.15. The van der Waals surface area contributed by atoms with Gasteiger partial charge in [0.05, 0.1) is 11.3 Å². The number of para-hydroxylation sites is 1. The molecule has 13 heteroatoms. The van der Waals surface area contributed by atoms with Crippen molar-refractivity contribution >= 4 is 29.1 Å². The second kappa shape index (κ2) is 11.1. The highest BCUT2D eigenvalue weighted by Crippen LogP contribution is 2.41. The molecule has 1 aliphatic heterocycles. The Labute approximate surface area is 219 Å². The standard InChI is InChI=1S/C26H22F5N3O5/c1-14-6-7-22(32-10-14)34-17(11-37-15(2)35)12-38-23-18(4-3-5-21(23)34)25(36)33-16-8-19(27)24(20(28)9-16)39-13-26(29,30)31/h3-10,17H,11-13H2,1-2H3,(H,33,36)/t17-/m1/s1. The number of alkyl halides is 3. The molecule has 39 heavy (non-hydrogen) atoms. The van der Waals surface area contributed by atoms with E-state index in [0.29, 0.717) is 23.6 Å². The van der Waals surface area contributed by atoms with Gasteiger partial charge in [0.25, 0.3) is 5.91 Å². The first-order valence-corrected chi connectivity index (χ1v) is 11.5. The van der Waals surface area contributed by atoms with Crippen LogP contribution in [0.4, 0.5) is 39.1 Å². The molecular weight excluding hydrogens is 529 g/mol. The molecule has 3 aromatic rings. The summed E-state index contributed by atoms with van der Waals surface area (Å²) in [4.78, 5) is 30.7. The minimum atomic E-state index is -4.79. The molecule has 0 spiro atoms. The van der Waals surface area contributed by atoms with Gasteiger partial charge in [-0.1, -0.05) is 12.1 Å². The number of aromatic nitrogens is 1. The summed E-state index contributed by atoms with van der Waals surface area (Å²) in [5.41, 5.74) is 0.989. The number of nitrogens with zero attached hydrogens (tertiary/aromatic N) is 2. The lowest BCUT2D eigenvalue weighted by Gasteiger charge is -2.38. The van der Waals surface area contributed by atoms with Crippen molar-refractivity contribution in [2.24, 2.45) is 0 Å². The summed E-state index contributed by atoms with van der Waals surface area (Å²) in [6.45, 7) is 1.24. The quantitative estimate of drug-likeness (QED) is 0.314. The average Bonchev–Trinajstić information content (AvgIpc) is 2.86. The van der Waals surface area contributed by atoms with Crippen molar-refractivity contribution in [2.75, 3.05) is 30.0 Å². The number of hydrogen-bond donors (Lipinski definition) is 1. The zero-order chi connectivity index (χ0) is 28.3. The van der Waals surface area contributed by atoms with Gasteiger partial charge in [0.15, 0.2) is 29.7 Å². The molecule has 0 aliphatic carbocycles. The molecule has 0 fully saturated rings. The maximum atomic E-state index is 14.3. The van der Waals surface area contributed by atoms with Gasteiger partial charge in [-0.3, -0.25) is 9.59 Å². The lowest BCUT2D eigenvalue weighted by Crippen LogP contribution is -2.44. The fourth-order valence-electron chi connectivity index (χ4n) is 3.87. The van der Waals surface area contributed by atoms with Crippen LogP contribution in [-0.4, -0.2) is 48.9 Å². The molecule has 0 unspecified atom stereocenters. The Kier molecular flexibility index (Phi) is 7.88. The number of ether oxygens (including phenoxy) is 3. The number of carbonyl (C=O) groups excluding carboxylic acids is 2. The van der Waals surface area contributed by atoms with E-state index < -0.39 is 48.1 Å². The van der Waals surface area contributed by atoms with Gasteiger partial charge < -0.3 is 24.4 Å². The smallest absolute Gasteiger partial charge is 0.422 e. The van der Waals surface area contributed by atoms with E-state index in [1.165, 1.54) is 13.0 Å². The van der Waals surface area contributed by atoms with E-state index in [1.54, 1.807) is 29.3 Å². The van der Waals surface area contributed by atoms with Crippen LogP contribution in [0, 0.1) is 18.6 Å². The van der Waals surface area contributed by atoms with Crippen LogP contribution in [0.3, 0.4) is 0 Å². The molecule has 0 bridgehead atoms. The molecule has 4 rings (SSSR count). The molecule has 1 N–H and O–H groups in total. The van der Waals surface area contributed by atoms with Crippen molar-refractivity contribution in [1.29, 1.82) is 0 Å². The molecule has 8 nitrogen and oxygen atoms in total. The lowest BCUT2D eigenvalue weighted by molar-refractivity contribution is -0.154. The Bertz CT molecular complexity index is 1360. The van der Waals surface area contributed by atoms with Crippen molar-refractivity contribution in [2.45, 2.75) is 26.1 Å². The summed E-state index contributed by atoms with van der Waals surface area (Å²) in [5.74, 6) is -4.71. The predicted octanol–water partition coefficient (Wildman–Crippen LogP) is 5.32. The van der Waals surface area contributed by atoms with Crippen molar-refractivity contribution < 1.29 is 45.8 Å². The normalized spacial score (nSPS) is 14.7. The van der Waals surface area contributed by atoms with Crippen molar-refractivity contribution in [1.82, 2.24) is 4.98 Å². The number of benzene rings is 2. The number of rotatable bonds is 7. The Morgan fingerprint density at radius 2 is 1.87 bits per heavy atom. The number of esters is 1. The second-order valence-corrected chi connectivity index (χ2v) is 8.61. The van der Waals surface area contributed by atoms with Crippen LogP contribution in [-0.2, 0) is 9.53 Å². The van der Waals surface area contributed by atoms with Crippen LogP contribution in [0.1, 0.15) is 22.8 Å². The zero-order valence-electron chi connectivity index (χ0n) is 20.6. The third-order valence-corrected chi connectivity index (χ3v) is 5.54. The number of halogens is 5. The van der Waals surface area contributed by atoms with E-state index in [9.17, 15) is 31.5 Å². The number of anilines is 3. The highest BCUT2D eigenvalue weighted by Gasteiger charge is 2.34. The molecule has 206 valence electrons. The Morgan fingerprint density at radius 3 is 2.49 bits per heavy atom. The molecule has 0 saturated heterocycles. The Hall–Kier alpha value is -4.42. The van der Waals surface area contributed by atoms with E-state index in [0.717, 1.165) is 5.56 Å². The molecule has 1 amide bonds. The van der Waals surface area contributed by atoms with Gasteiger partial charge in [0, 0.05) is 30.9 Å². The maximum Gasteiger partial charge on any atom is 0.422 e. The number of carbonyl (C=O) groups is 2. The first-order chi connectivity index (χ1) is 18.4. The summed E-state index contributed by atoms with van der Waals surface area (Å²) >= 11 is 0. The van der Waals surface area contributed by atoms with E-state index in [2.05, 4.69) is 15.0 Å². The van der Waals surface area contributed by atoms with Gasteiger partial charge in [-0.15, -0.1) is 0 Å². The molecule has 0 radical (unpaired) electrons. The van der Waals surface area contributed by atoms with Crippen LogP contribution in [0.5, 0.6) is 11.5 Å². The van der Waals surface area contributed by atoms with Gasteiger partial charge in [0.2, 0.25) is 0 Å². The molecule has 0 saturated carbocycles. The number of pyridine rings is 1. The lowest BCUT2D eigenvalue weighted by atomic mass is 10.1. The van der Waals surface area contributed by atoms with E-state index in [4.69, 9.17) is 9.47 Å². The SMILES string of the molecule is CC(=O)OC[C@@H]1COc2c(C(=O)Nc3cc(F)c(OCC(F)(F)F)c(F)c3)cccc2N1c1ccc(C)cn1. The first-order valence-electron chi connectivity index (χ1n) is 11.5. The van der Waals surface area contributed by atoms with Gasteiger partial charge in [-0.2, -0.15) is 13.2 Å². The molecule has 2 heterocycles. The van der Waals surface area contributed by atoms with Crippen LogP contribution in [0.25, 0.3) is 0 Å². The van der Waals surface area contributed by atoms with Crippen LogP contribution in [0.15, 0.2) is 48.7 Å². The second-order valence-electron chi connectivity index (χ2n) is 8.61. The average molecular weight is 551 g/mol. The zero-order valence-corrected chi connectivity index (χ0v) is 20.6. The highest BCUT2D eigenvalue weighted by molar-refractivity contribution is 6.07. The molecule has 1 aliphatic rings. The van der Waals surface area contributed by atoms with E-state index >= 15 is 0 Å². The summed E-state index contributed by atoms with van der Waals surface area (Å²) in [6, 6.07) is 9.04. The van der Waals surface area contributed by atoms with Crippen molar-refractivity contribution in [3.8, 4) is 11.5 Å². The Balaban J connectivity index is 1.63. The number of amides is 1. The van der Waals surface area contributed by atoms with E-state index in [-0.39, 0.29) is 30.2 Å². The molecule has 1 aromatic heterocycles. The summed E-state index contributed by atoms with van der Waals surface area (Å²) in [5, 5.41) is 2.32. The summed E-state index contributed by atoms with van der Waals surface area (Å²) in [7, 11) is 0. The largest absolute Gasteiger partial charge is 0.488 e. The van der Waals surface area contributed by atoms with Gasteiger partial charge >= 0.3 is 12.1 Å². The molecule has 2 aromatic carbocycles. The van der Waals surface area contributed by atoms with Gasteiger partial charge in [-0.25, -0.2) is 13.8 Å². The fourth-order valence-corrected chi connectivity index (χ4v) is 3.87. The number of nitrogens with one attached hydrogen (secondary N) is 1. The highest BCUT2D eigenvalue weighted by atomic mass is 19.4. The monoisotopic (exact) mass is 551 g/mol. The summed E-state index contributed by atoms with van der Waals surface area (Å²) < 4.78 is 81.0. The number of hydrogen-bond acceptors (Lipinski definition) is 7. The topological polar surface area (TPSA) is 90.0 Å². The first kappa shape index (κ1) is 27.6. The molecular formula is C26H22F5N3O5. The fraction of sp³-hybridized carbons (Fsp3) is 0.269. The maximum absolute atomic E-state index is 14.3. The molecule has 1 atom stereocenters. The minimum Gasteiger partial charge on any atom is -0.488 e. The van der Waals surface area contributed by atoms with Crippen molar-refractivity contribution in [3.05, 3.63) is 71.4 Å². The minimum absolute atomic E-state index is 0.00811. The van der Waals surface area contributed by atoms with E-state index in [1.807, 2.05) is 13.0 Å². The third-order valence-electron chi connectivity index (χ3n) is 5.54. The number of aryl methyl sites for hydroxylation is 1. The predicted molar refractivity (Wildman–Crippen MR) is 129 cm³/mol. The van der Waals surface area contributed by atoms with Crippen LogP contribution >= 0.6 is 0 Å². The number of fused-ring (bicyclic) bond motifs is 1. The van der Waals surface area contributed by atoms with Gasteiger partial charge in [-0.05, 0) is 30.7 Å². The Morgan fingerprint density at radius 1 is 1.15 bits per heavy atom. The van der Waals surface area contributed by atoms with Crippen molar-refractivity contribution in [3.63, 3.8) is 0 Å².